The van der Waals surface area contributed by atoms with Crippen LogP contribution in [0.15, 0.2) is 47.4 Å². The molecule has 6 nitrogen and oxygen atoms in total. The smallest absolute Gasteiger partial charge is 0.257 e. The second-order valence-electron chi connectivity index (χ2n) is 5.73. The Morgan fingerprint density at radius 1 is 1.12 bits per heavy atom. The number of hydrogen-bond acceptors (Lipinski definition) is 5. The summed E-state index contributed by atoms with van der Waals surface area (Å²) in [4.78, 5) is 12.6. The molecule has 0 atom stereocenters. The highest BCUT2D eigenvalue weighted by Crippen LogP contribution is 2.23. The monoisotopic (exact) mass is 411 g/mol. The molecule has 0 aromatic heterocycles. The van der Waals surface area contributed by atoms with Crippen LogP contribution in [-0.2, 0) is 10.0 Å². The van der Waals surface area contributed by atoms with Gasteiger partial charge in [-0.3, -0.25) is 4.79 Å². The van der Waals surface area contributed by atoms with Gasteiger partial charge in [-0.25, -0.2) is 8.42 Å². The number of benzene rings is 2. The van der Waals surface area contributed by atoms with Gasteiger partial charge in [0.25, 0.3) is 5.91 Å². The molecule has 0 spiro atoms. The van der Waals surface area contributed by atoms with Crippen LogP contribution in [0, 0.1) is 0 Å². The molecule has 138 valence electrons. The summed E-state index contributed by atoms with van der Waals surface area (Å²) < 4.78 is 26.7. The summed E-state index contributed by atoms with van der Waals surface area (Å²) in [7, 11) is -3.50. The number of halogens is 1. The van der Waals surface area contributed by atoms with Crippen LogP contribution in [0.25, 0.3) is 0 Å². The van der Waals surface area contributed by atoms with Crippen LogP contribution in [0.4, 0.5) is 11.4 Å². The maximum atomic E-state index is 12.6. The third kappa shape index (κ3) is 4.15. The molecule has 0 unspecified atom stereocenters. The lowest BCUT2D eigenvalue weighted by molar-refractivity contribution is 0.102. The van der Waals surface area contributed by atoms with E-state index in [9.17, 15) is 13.2 Å². The van der Waals surface area contributed by atoms with Gasteiger partial charge in [-0.15, -0.1) is 0 Å². The van der Waals surface area contributed by atoms with Gasteiger partial charge in [0, 0.05) is 41.0 Å². The lowest BCUT2D eigenvalue weighted by Gasteiger charge is -2.25. The number of nitrogens with two attached hydrogens (primary N) is 1. The van der Waals surface area contributed by atoms with Crippen molar-refractivity contribution in [2.24, 2.45) is 0 Å². The zero-order valence-electron chi connectivity index (χ0n) is 13.8. The molecule has 9 heteroatoms. The molecule has 2 aromatic carbocycles. The number of amides is 1. The number of rotatable bonds is 4. The Balaban J connectivity index is 1.75. The van der Waals surface area contributed by atoms with Gasteiger partial charge in [-0.2, -0.15) is 16.1 Å². The normalized spacial score (nSPS) is 15.6. The summed E-state index contributed by atoms with van der Waals surface area (Å²) in [6.07, 6.45) is 0. The Bertz CT molecular complexity index is 911. The van der Waals surface area contributed by atoms with Crippen LogP contribution in [0.5, 0.6) is 0 Å². The molecule has 1 fully saturated rings. The highest BCUT2D eigenvalue weighted by Gasteiger charge is 2.26. The Kier molecular flexibility index (Phi) is 5.76. The van der Waals surface area contributed by atoms with Gasteiger partial charge in [0.15, 0.2) is 0 Å². The zero-order valence-corrected chi connectivity index (χ0v) is 16.2. The minimum atomic E-state index is -3.50. The quantitative estimate of drug-likeness (QED) is 0.754. The van der Waals surface area contributed by atoms with Crippen molar-refractivity contribution in [2.45, 2.75) is 4.90 Å². The second-order valence-corrected chi connectivity index (χ2v) is 9.33. The van der Waals surface area contributed by atoms with Crippen molar-refractivity contribution in [1.82, 2.24) is 4.31 Å². The molecule has 3 N–H and O–H groups in total. The first kappa shape index (κ1) is 19.0. The molecule has 26 heavy (non-hydrogen) atoms. The molecule has 1 saturated heterocycles. The molecule has 1 heterocycles. The largest absolute Gasteiger partial charge is 0.398 e. The maximum Gasteiger partial charge on any atom is 0.257 e. The number of nitrogen functional groups attached to an aromatic ring is 1. The van der Waals surface area contributed by atoms with E-state index >= 15 is 0 Å². The molecule has 3 rings (SSSR count). The number of thioether (sulfide) groups is 1. The van der Waals surface area contributed by atoms with Gasteiger partial charge >= 0.3 is 0 Å². The van der Waals surface area contributed by atoms with Crippen LogP contribution in [-0.4, -0.2) is 43.2 Å². The van der Waals surface area contributed by atoms with Gasteiger partial charge in [0.2, 0.25) is 10.0 Å². The molecule has 1 amide bonds. The van der Waals surface area contributed by atoms with Gasteiger partial charge in [0.05, 0.1) is 10.5 Å². The Morgan fingerprint density at radius 2 is 1.77 bits per heavy atom. The fourth-order valence-corrected chi connectivity index (χ4v) is 5.32. The number of nitrogens with zero attached hydrogens (tertiary/aromatic N) is 1. The maximum absolute atomic E-state index is 12.6. The van der Waals surface area contributed by atoms with Crippen LogP contribution in [0.3, 0.4) is 0 Å². The van der Waals surface area contributed by atoms with E-state index < -0.39 is 15.9 Å². The summed E-state index contributed by atoms with van der Waals surface area (Å²) in [5.41, 5.74) is 6.85. The number of sulfonamides is 1. The summed E-state index contributed by atoms with van der Waals surface area (Å²) in [6.45, 7) is 1.03. The molecule has 2 aromatic rings. The fourth-order valence-electron chi connectivity index (χ4n) is 2.57. The van der Waals surface area contributed by atoms with E-state index in [1.165, 1.54) is 22.5 Å². The van der Waals surface area contributed by atoms with Gasteiger partial charge in [-0.05, 0) is 42.5 Å². The SMILES string of the molecule is Nc1ccc(Cl)cc1C(=O)Nc1ccc(S(=O)(=O)N2CCSCC2)cc1. The minimum Gasteiger partial charge on any atom is -0.398 e. The average Bonchev–Trinajstić information content (AvgIpc) is 2.65. The van der Waals surface area contributed by atoms with Gasteiger partial charge in [-0.1, -0.05) is 11.6 Å². The first-order valence-corrected chi connectivity index (χ1v) is 10.9. The fraction of sp³-hybridized carbons (Fsp3) is 0.235. The standard InChI is InChI=1S/C17H18ClN3O3S2/c18-12-1-6-16(19)15(11-12)17(22)20-13-2-4-14(5-3-13)26(23,24)21-7-9-25-10-8-21/h1-6,11H,7-10,19H2,(H,20,22). The van der Waals surface area contributed by atoms with Crippen LogP contribution < -0.4 is 11.1 Å². The van der Waals surface area contributed by atoms with Crippen LogP contribution in [0.1, 0.15) is 10.4 Å². The van der Waals surface area contributed by atoms with E-state index in [0.29, 0.717) is 29.5 Å². The molecule has 0 radical (unpaired) electrons. The van der Waals surface area contributed by atoms with E-state index in [4.69, 9.17) is 17.3 Å². The van der Waals surface area contributed by atoms with Crippen molar-refractivity contribution in [3.63, 3.8) is 0 Å². The van der Waals surface area contributed by atoms with E-state index in [-0.39, 0.29) is 10.5 Å². The molecule has 0 saturated carbocycles. The second kappa shape index (κ2) is 7.87. The van der Waals surface area contributed by atoms with Crippen molar-refractivity contribution in [1.29, 1.82) is 0 Å². The predicted octanol–water partition coefficient (Wildman–Crippen LogP) is 2.91. The predicted molar refractivity (Wildman–Crippen MR) is 106 cm³/mol. The Hall–Kier alpha value is -1.74. The van der Waals surface area contributed by atoms with Crippen LogP contribution in [0.2, 0.25) is 5.02 Å². The number of carbonyl (C=O) groups excluding carboxylic acids is 1. The number of anilines is 2. The van der Waals surface area contributed by atoms with E-state index in [1.54, 1.807) is 36.0 Å². The number of nitrogens with one attached hydrogen (secondary N) is 1. The average molecular weight is 412 g/mol. The van der Waals surface area contributed by atoms with E-state index in [1.807, 2.05) is 0 Å². The molecular weight excluding hydrogens is 394 g/mol. The van der Waals surface area contributed by atoms with Gasteiger partial charge < -0.3 is 11.1 Å². The van der Waals surface area contributed by atoms with Crippen molar-refractivity contribution in [2.75, 3.05) is 35.6 Å². The van der Waals surface area contributed by atoms with Crippen molar-refractivity contribution < 1.29 is 13.2 Å². The lowest BCUT2D eigenvalue weighted by Crippen LogP contribution is -2.37. The topological polar surface area (TPSA) is 92.5 Å². The Labute approximate surface area is 161 Å². The molecule has 0 bridgehead atoms. The first-order chi connectivity index (χ1) is 12.4. The van der Waals surface area contributed by atoms with Crippen LogP contribution >= 0.6 is 23.4 Å². The highest BCUT2D eigenvalue weighted by molar-refractivity contribution is 7.99. The van der Waals surface area contributed by atoms with Crippen molar-refractivity contribution >= 4 is 50.7 Å². The summed E-state index contributed by atoms with van der Waals surface area (Å²) in [5, 5.41) is 3.10. The summed E-state index contributed by atoms with van der Waals surface area (Å²) >= 11 is 7.65. The van der Waals surface area contributed by atoms with Crippen molar-refractivity contribution in [3.05, 3.63) is 53.1 Å². The van der Waals surface area contributed by atoms with Gasteiger partial charge in [0.1, 0.15) is 0 Å². The summed E-state index contributed by atoms with van der Waals surface area (Å²) in [6, 6.07) is 10.8. The van der Waals surface area contributed by atoms with Crippen molar-refractivity contribution in [3.8, 4) is 0 Å². The third-order valence-electron chi connectivity index (χ3n) is 3.98. The minimum absolute atomic E-state index is 0.213. The summed E-state index contributed by atoms with van der Waals surface area (Å²) in [5.74, 6) is 1.19. The Morgan fingerprint density at radius 3 is 2.42 bits per heavy atom. The number of hydrogen-bond donors (Lipinski definition) is 2. The number of carbonyl (C=O) groups is 1. The lowest BCUT2D eigenvalue weighted by atomic mass is 10.1. The zero-order chi connectivity index (χ0) is 18.7. The highest BCUT2D eigenvalue weighted by atomic mass is 35.5. The third-order valence-corrected chi connectivity index (χ3v) is 7.07. The molecule has 0 aliphatic carbocycles. The van der Waals surface area contributed by atoms with E-state index in [2.05, 4.69) is 5.32 Å². The molecule has 1 aliphatic rings. The molecule has 1 aliphatic heterocycles. The van der Waals surface area contributed by atoms with E-state index in [0.717, 1.165) is 11.5 Å². The first-order valence-electron chi connectivity index (χ1n) is 7.92. The molecular formula is C17H18ClN3O3S2.